The number of nitrogens with zero attached hydrogens (tertiary/aromatic N) is 2. The number of aryl methyl sites for hydroxylation is 2. The second-order valence-electron chi connectivity index (χ2n) is 8.07. The number of benzene rings is 2. The molecule has 3 aromatic rings. The minimum Gasteiger partial charge on any atom is -0.236 e. The van der Waals surface area contributed by atoms with E-state index in [0.717, 1.165) is 42.4 Å². The zero-order chi connectivity index (χ0) is 21.2. The Kier molecular flexibility index (Phi) is 8.55. The van der Waals surface area contributed by atoms with Crippen LogP contribution < -0.4 is 0 Å². The summed E-state index contributed by atoms with van der Waals surface area (Å²) in [4.78, 5) is 9.08. The third-order valence-corrected chi connectivity index (χ3v) is 5.58. The highest BCUT2D eigenvalue weighted by Crippen LogP contribution is 2.26. The van der Waals surface area contributed by atoms with Crippen LogP contribution in [0.1, 0.15) is 69.9 Å². The molecule has 0 radical (unpaired) electrons. The van der Waals surface area contributed by atoms with Crippen molar-refractivity contribution in [3.8, 4) is 22.5 Å². The van der Waals surface area contributed by atoms with Gasteiger partial charge in [0.25, 0.3) is 0 Å². The van der Waals surface area contributed by atoms with Crippen molar-refractivity contribution in [2.45, 2.75) is 71.6 Å². The highest BCUT2D eigenvalue weighted by molar-refractivity contribution is 5.68. The molecule has 0 aliphatic carbocycles. The summed E-state index contributed by atoms with van der Waals surface area (Å²) in [7, 11) is 0. The van der Waals surface area contributed by atoms with Crippen LogP contribution in [0.3, 0.4) is 0 Å². The Morgan fingerprint density at radius 3 is 1.97 bits per heavy atom. The molecule has 0 amide bonds. The van der Waals surface area contributed by atoms with E-state index in [2.05, 4.69) is 23.8 Å². The fourth-order valence-electron chi connectivity index (χ4n) is 3.69. The van der Waals surface area contributed by atoms with E-state index in [1.165, 1.54) is 37.7 Å². The molecule has 1 heterocycles. The Morgan fingerprint density at radius 2 is 1.30 bits per heavy atom. The van der Waals surface area contributed by atoms with Gasteiger partial charge < -0.3 is 0 Å². The van der Waals surface area contributed by atoms with E-state index in [0.29, 0.717) is 11.4 Å². The first-order chi connectivity index (χ1) is 14.7. The van der Waals surface area contributed by atoms with E-state index < -0.39 is 0 Å². The van der Waals surface area contributed by atoms with Crippen molar-refractivity contribution in [3.05, 3.63) is 71.8 Å². The van der Waals surface area contributed by atoms with Crippen molar-refractivity contribution in [1.29, 1.82) is 0 Å². The van der Waals surface area contributed by atoms with Gasteiger partial charge in [0, 0.05) is 23.5 Å². The summed E-state index contributed by atoms with van der Waals surface area (Å²) >= 11 is 0. The normalized spacial score (nSPS) is 11.0. The zero-order valence-electron chi connectivity index (χ0n) is 18.3. The van der Waals surface area contributed by atoms with Gasteiger partial charge in [-0.2, -0.15) is 0 Å². The van der Waals surface area contributed by atoms with Crippen molar-refractivity contribution >= 4 is 0 Å². The van der Waals surface area contributed by atoms with E-state index in [1.807, 2.05) is 48.8 Å². The predicted molar refractivity (Wildman–Crippen MR) is 124 cm³/mol. The molecule has 0 atom stereocenters. The predicted octanol–water partition coefficient (Wildman–Crippen LogP) is 7.81. The second-order valence-corrected chi connectivity index (χ2v) is 8.07. The van der Waals surface area contributed by atoms with Gasteiger partial charge >= 0.3 is 0 Å². The molecule has 2 aromatic carbocycles. The fraction of sp³-hybridized carbons (Fsp3) is 0.407. The SMILES string of the molecule is CCCCCCCc1cnc(-c2ccc(-c3ccc(CCCC)cc3F)cc2)nc1. The number of hydrogen-bond donors (Lipinski definition) is 0. The average molecular weight is 405 g/mol. The van der Waals surface area contributed by atoms with Crippen LogP contribution in [0, 0.1) is 5.82 Å². The van der Waals surface area contributed by atoms with Crippen LogP contribution >= 0.6 is 0 Å². The molecule has 0 aliphatic rings. The van der Waals surface area contributed by atoms with Crippen molar-refractivity contribution in [1.82, 2.24) is 9.97 Å². The Balaban J connectivity index is 1.63. The smallest absolute Gasteiger partial charge is 0.159 e. The summed E-state index contributed by atoms with van der Waals surface area (Å²) in [6.45, 7) is 4.39. The van der Waals surface area contributed by atoms with Gasteiger partial charge in [0.05, 0.1) is 0 Å². The van der Waals surface area contributed by atoms with E-state index in [9.17, 15) is 4.39 Å². The van der Waals surface area contributed by atoms with Gasteiger partial charge in [-0.1, -0.05) is 82.3 Å². The van der Waals surface area contributed by atoms with E-state index in [1.54, 1.807) is 6.07 Å². The monoisotopic (exact) mass is 404 g/mol. The molecule has 0 aliphatic heterocycles. The maximum Gasteiger partial charge on any atom is 0.159 e. The number of unbranched alkanes of at least 4 members (excludes halogenated alkanes) is 5. The van der Waals surface area contributed by atoms with E-state index >= 15 is 0 Å². The van der Waals surface area contributed by atoms with Crippen LogP contribution in [0.4, 0.5) is 4.39 Å². The van der Waals surface area contributed by atoms with Crippen LogP contribution in [-0.4, -0.2) is 9.97 Å². The van der Waals surface area contributed by atoms with Crippen LogP contribution in [0.5, 0.6) is 0 Å². The molecular formula is C27H33FN2. The molecule has 0 saturated carbocycles. The maximum atomic E-state index is 14.6. The number of aromatic nitrogens is 2. The first kappa shape index (κ1) is 22.1. The minimum absolute atomic E-state index is 0.157. The van der Waals surface area contributed by atoms with Gasteiger partial charge in [0.1, 0.15) is 5.82 Å². The number of rotatable bonds is 11. The first-order valence-corrected chi connectivity index (χ1v) is 11.4. The number of halogens is 1. The summed E-state index contributed by atoms with van der Waals surface area (Å²) in [6, 6.07) is 13.4. The lowest BCUT2D eigenvalue weighted by atomic mass is 10.00. The lowest BCUT2D eigenvalue weighted by Crippen LogP contribution is -1.94. The van der Waals surface area contributed by atoms with Crippen LogP contribution in [0.2, 0.25) is 0 Å². The Hall–Kier alpha value is -2.55. The minimum atomic E-state index is -0.157. The Labute approximate surface area is 180 Å². The van der Waals surface area contributed by atoms with E-state index in [-0.39, 0.29) is 5.82 Å². The molecule has 0 N–H and O–H groups in total. The van der Waals surface area contributed by atoms with Crippen LogP contribution in [0.15, 0.2) is 54.9 Å². The zero-order valence-corrected chi connectivity index (χ0v) is 18.3. The molecule has 0 unspecified atom stereocenters. The summed E-state index contributed by atoms with van der Waals surface area (Å²) in [5.74, 6) is 0.558. The molecule has 0 bridgehead atoms. The van der Waals surface area contributed by atoms with Crippen molar-refractivity contribution < 1.29 is 4.39 Å². The van der Waals surface area contributed by atoms with Crippen molar-refractivity contribution in [3.63, 3.8) is 0 Å². The summed E-state index contributed by atoms with van der Waals surface area (Å²) in [6.07, 6.45) is 14.4. The van der Waals surface area contributed by atoms with Gasteiger partial charge in [-0.3, -0.25) is 0 Å². The summed E-state index contributed by atoms with van der Waals surface area (Å²) in [5.41, 5.74) is 4.72. The Bertz CT molecular complexity index is 901. The molecule has 1 aromatic heterocycles. The average Bonchev–Trinajstić information content (AvgIpc) is 2.78. The van der Waals surface area contributed by atoms with Crippen molar-refractivity contribution in [2.75, 3.05) is 0 Å². The lowest BCUT2D eigenvalue weighted by molar-refractivity contribution is 0.627. The molecule has 2 nitrogen and oxygen atoms in total. The molecule has 3 heteroatoms. The quantitative estimate of drug-likeness (QED) is 0.305. The van der Waals surface area contributed by atoms with Gasteiger partial charge in [0.15, 0.2) is 5.82 Å². The topological polar surface area (TPSA) is 25.8 Å². The number of hydrogen-bond acceptors (Lipinski definition) is 2. The molecule has 158 valence electrons. The molecule has 0 saturated heterocycles. The van der Waals surface area contributed by atoms with Gasteiger partial charge in [-0.05, 0) is 48.4 Å². The van der Waals surface area contributed by atoms with Gasteiger partial charge in [-0.15, -0.1) is 0 Å². The molecule has 3 rings (SSSR count). The van der Waals surface area contributed by atoms with Crippen LogP contribution in [-0.2, 0) is 12.8 Å². The summed E-state index contributed by atoms with van der Waals surface area (Å²) in [5, 5.41) is 0. The van der Waals surface area contributed by atoms with Crippen LogP contribution in [0.25, 0.3) is 22.5 Å². The second kappa shape index (κ2) is 11.6. The lowest BCUT2D eigenvalue weighted by Gasteiger charge is -2.08. The third kappa shape index (κ3) is 6.22. The standard InChI is InChI=1S/C27H33FN2/c1-3-5-7-8-9-11-22-19-29-27(30-20-22)24-15-13-23(14-16-24)25-17-12-21(10-6-4-2)18-26(25)28/h12-20H,3-11H2,1-2H3. The van der Waals surface area contributed by atoms with Crippen molar-refractivity contribution in [2.24, 2.45) is 0 Å². The van der Waals surface area contributed by atoms with Gasteiger partial charge in [0.2, 0.25) is 0 Å². The maximum absolute atomic E-state index is 14.6. The highest BCUT2D eigenvalue weighted by atomic mass is 19.1. The molecular weight excluding hydrogens is 371 g/mol. The third-order valence-electron chi connectivity index (χ3n) is 5.58. The molecule has 30 heavy (non-hydrogen) atoms. The fourth-order valence-corrected chi connectivity index (χ4v) is 3.69. The largest absolute Gasteiger partial charge is 0.236 e. The van der Waals surface area contributed by atoms with E-state index in [4.69, 9.17) is 0 Å². The first-order valence-electron chi connectivity index (χ1n) is 11.4. The Morgan fingerprint density at radius 1 is 0.667 bits per heavy atom. The van der Waals surface area contributed by atoms with Gasteiger partial charge in [-0.25, -0.2) is 14.4 Å². The highest BCUT2D eigenvalue weighted by Gasteiger charge is 2.08. The molecule has 0 spiro atoms. The summed E-state index contributed by atoms with van der Waals surface area (Å²) < 4.78 is 14.6. The molecule has 0 fully saturated rings.